The predicted molar refractivity (Wildman–Crippen MR) is 74.9 cm³/mol. The molecule has 1 spiro atoms. The highest BCUT2D eigenvalue weighted by atomic mass is 35.5. The summed E-state index contributed by atoms with van der Waals surface area (Å²) in [5.41, 5.74) is 0.588. The Morgan fingerprint density at radius 1 is 1.00 bits per heavy atom. The molecule has 2 aliphatic heterocycles. The number of piperidine rings is 2. The van der Waals surface area contributed by atoms with Crippen LogP contribution in [0.4, 0.5) is 0 Å². The largest absolute Gasteiger partial charge is 0.342 e. The van der Waals surface area contributed by atoms with Crippen molar-refractivity contribution in [2.24, 2.45) is 10.8 Å². The van der Waals surface area contributed by atoms with Crippen molar-refractivity contribution >= 4 is 18.3 Å². The molecule has 3 fully saturated rings. The summed E-state index contributed by atoms with van der Waals surface area (Å²) in [6.07, 6.45) is 7.31. The lowest BCUT2D eigenvalue weighted by atomic mass is 9.71. The van der Waals surface area contributed by atoms with Crippen LogP contribution in [-0.4, -0.2) is 37.0 Å². The molecule has 0 aromatic heterocycles. The fourth-order valence-corrected chi connectivity index (χ4v) is 3.42. The number of rotatable bonds is 1. The third-order valence-corrected chi connectivity index (χ3v) is 5.29. The predicted octanol–water partition coefficient (Wildman–Crippen LogP) is 2.20. The number of hydrogen-bond donors (Lipinski definition) is 1. The first-order valence-electron chi connectivity index (χ1n) is 7.14. The van der Waals surface area contributed by atoms with Crippen LogP contribution in [0.2, 0.25) is 0 Å². The Kier molecular flexibility index (Phi) is 3.93. The highest BCUT2D eigenvalue weighted by molar-refractivity contribution is 5.85. The molecular weight excluding hydrogens is 248 g/mol. The third kappa shape index (κ3) is 2.53. The quantitative estimate of drug-likeness (QED) is 0.794. The van der Waals surface area contributed by atoms with Gasteiger partial charge < -0.3 is 10.2 Å². The fraction of sp³-hybridized carbons (Fsp3) is 0.929. The first-order valence-corrected chi connectivity index (χ1v) is 7.14. The summed E-state index contributed by atoms with van der Waals surface area (Å²) in [5.74, 6) is 0.432. The van der Waals surface area contributed by atoms with E-state index in [0.717, 1.165) is 25.9 Å². The molecule has 0 atom stereocenters. The van der Waals surface area contributed by atoms with Crippen molar-refractivity contribution in [1.29, 1.82) is 0 Å². The van der Waals surface area contributed by atoms with Gasteiger partial charge in [0.1, 0.15) is 0 Å². The zero-order valence-corrected chi connectivity index (χ0v) is 12.2. The SMILES string of the molecule is CC1(C(=O)N2CCC3(CCNCC3)CC2)CC1.Cl. The monoisotopic (exact) mass is 272 g/mol. The molecule has 4 heteroatoms. The van der Waals surface area contributed by atoms with Crippen LogP contribution in [0.15, 0.2) is 0 Å². The van der Waals surface area contributed by atoms with Gasteiger partial charge in [0, 0.05) is 18.5 Å². The van der Waals surface area contributed by atoms with Crippen LogP contribution in [0, 0.1) is 10.8 Å². The lowest BCUT2D eigenvalue weighted by molar-refractivity contribution is -0.139. The van der Waals surface area contributed by atoms with Crippen LogP contribution >= 0.6 is 12.4 Å². The van der Waals surface area contributed by atoms with Gasteiger partial charge >= 0.3 is 0 Å². The van der Waals surface area contributed by atoms with Crippen molar-refractivity contribution in [3.8, 4) is 0 Å². The second kappa shape index (κ2) is 5.01. The number of nitrogens with one attached hydrogen (secondary N) is 1. The van der Waals surface area contributed by atoms with Gasteiger partial charge in [0.15, 0.2) is 0 Å². The molecule has 0 radical (unpaired) electrons. The molecule has 2 saturated heterocycles. The Hall–Kier alpha value is -0.280. The Morgan fingerprint density at radius 3 is 2.06 bits per heavy atom. The number of nitrogens with zero attached hydrogens (tertiary/aromatic N) is 1. The molecule has 2 heterocycles. The van der Waals surface area contributed by atoms with Gasteiger partial charge in [-0.1, -0.05) is 6.92 Å². The maximum atomic E-state index is 12.3. The zero-order chi connectivity index (χ0) is 11.9. The molecule has 18 heavy (non-hydrogen) atoms. The van der Waals surface area contributed by atoms with E-state index in [4.69, 9.17) is 0 Å². The molecule has 0 aromatic rings. The number of amides is 1. The van der Waals surface area contributed by atoms with Crippen LogP contribution < -0.4 is 5.32 Å². The van der Waals surface area contributed by atoms with E-state index in [0.29, 0.717) is 11.3 Å². The molecule has 1 saturated carbocycles. The van der Waals surface area contributed by atoms with E-state index in [1.165, 1.54) is 38.8 Å². The molecule has 0 aromatic carbocycles. The van der Waals surface area contributed by atoms with Gasteiger partial charge in [-0.3, -0.25) is 4.79 Å². The number of carbonyl (C=O) groups excluding carboxylic acids is 1. The van der Waals surface area contributed by atoms with Gasteiger partial charge in [-0.25, -0.2) is 0 Å². The summed E-state index contributed by atoms with van der Waals surface area (Å²) in [6.45, 7) is 6.49. The first-order chi connectivity index (χ1) is 8.14. The number of hydrogen-bond acceptors (Lipinski definition) is 2. The van der Waals surface area contributed by atoms with Crippen LogP contribution in [-0.2, 0) is 4.79 Å². The number of carbonyl (C=O) groups is 1. The van der Waals surface area contributed by atoms with Crippen molar-refractivity contribution in [3.05, 3.63) is 0 Å². The Balaban J connectivity index is 0.00000120. The van der Waals surface area contributed by atoms with E-state index in [2.05, 4.69) is 17.1 Å². The summed E-state index contributed by atoms with van der Waals surface area (Å²) < 4.78 is 0. The summed E-state index contributed by atoms with van der Waals surface area (Å²) in [6, 6.07) is 0. The normalized spacial score (nSPS) is 28.6. The lowest BCUT2D eigenvalue weighted by Crippen LogP contribution is -2.48. The molecule has 0 bridgehead atoms. The number of likely N-dealkylation sites (tertiary alicyclic amines) is 1. The van der Waals surface area contributed by atoms with E-state index >= 15 is 0 Å². The maximum Gasteiger partial charge on any atom is 0.228 e. The van der Waals surface area contributed by atoms with Crippen molar-refractivity contribution < 1.29 is 4.79 Å². The second-order valence-corrected chi connectivity index (χ2v) is 6.60. The van der Waals surface area contributed by atoms with Gasteiger partial charge in [0.05, 0.1) is 0 Å². The molecule has 104 valence electrons. The fourth-order valence-electron chi connectivity index (χ4n) is 3.42. The van der Waals surface area contributed by atoms with Crippen LogP contribution in [0.3, 0.4) is 0 Å². The smallest absolute Gasteiger partial charge is 0.228 e. The van der Waals surface area contributed by atoms with Crippen LogP contribution in [0.1, 0.15) is 45.4 Å². The first kappa shape index (κ1) is 14.1. The van der Waals surface area contributed by atoms with Gasteiger partial charge in [0.25, 0.3) is 0 Å². The molecule has 3 rings (SSSR count). The molecule has 1 amide bonds. The van der Waals surface area contributed by atoms with Crippen molar-refractivity contribution in [2.75, 3.05) is 26.2 Å². The Morgan fingerprint density at radius 2 is 1.56 bits per heavy atom. The summed E-state index contributed by atoms with van der Waals surface area (Å²) >= 11 is 0. The molecule has 0 unspecified atom stereocenters. The van der Waals surface area contributed by atoms with Gasteiger partial charge in [-0.2, -0.15) is 0 Å². The Bertz CT molecular complexity index is 312. The summed E-state index contributed by atoms with van der Waals surface area (Å²) in [4.78, 5) is 14.4. The topological polar surface area (TPSA) is 32.3 Å². The third-order valence-electron chi connectivity index (χ3n) is 5.29. The molecule has 3 nitrogen and oxygen atoms in total. The van der Waals surface area contributed by atoms with Crippen LogP contribution in [0.5, 0.6) is 0 Å². The van der Waals surface area contributed by atoms with E-state index in [9.17, 15) is 4.79 Å². The molecular formula is C14H25ClN2O. The standard InChI is InChI=1S/C14H24N2O.ClH/c1-13(2-3-13)12(17)16-10-6-14(7-11-16)4-8-15-9-5-14;/h15H,2-11H2,1H3;1H. The minimum Gasteiger partial charge on any atom is -0.342 e. The average molecular weight is 273 g/mol. The summed E-state index contributed by atoms with van der Waals surface area (Å²) in [7, 11) is 0. The highest BCUT2D eigenvalue weighted by Gasteiger charge is 2.48. The molecule has 3 aliphatic rings. The van der Waals surface area contributed by atoms with Gasteiger partial charge in [-0.05, 0) is 57.0 Å². The van der Waals surface area contributed by atoms with E-state index in [1.54, 1.807) is 0 Å². The van der Waals surface area contributed by atoms with Crippen LogP contribution in [0.25, 0.3) is 0 Å². The highest BCUT2D eigenvalue weighted by Crippen LogP contribution is 2.48. The van der Waals surface area contributed by atoms with E-state index < -0.39 is 0 Å². The summed E-state index contributed by atoms with van der Waals surface area (Å²) in [5, 5.41) is 3.44. The second-order valence-electron chi connectivity index (χ2n) is 6.60. The van der Waals surface area contributed by atoms with Crippen molar-refractivity contribution in [2.45, 2.75) is 45.4 Å². The van der Waals surface area contributed by atoms with Gasteiger partial charge in [0.2, 0.25) is 5.91 Å². The van der Waals surface area contributed by atoms with E-state index in [1.807, 2.05) is 0 Å². The van der Waals surface area contributed by atoms with Gasteiger partial charge in [-0.15, -0.1) is 12.4 Å². The average Bonchev–Trinajstić information content (AvgIpc) is 3.10. The molecule has 1 N–H and O–H groups in total. The molecule has 1 aliphatic carbocycles. The minimum absolute atomic E-state index is 0. The number of halogens is 1. The van der Waals surface area contributed by atoms with E-state index in [-0.39, 0.29) is 17.8 Å². The lowest BCUT2D eigenvalue weighted by Gasteiger charge is -2.45. The van der Waals surface area contributed by atoms with Crippen molar-refractivity contribution in [3.63, 3.8) is 0 Å². The zero-order valence-electron chi connectivity index (χ0n) is 11.3. The Labute approximate surface area is 116 Å². The minimum atomic E-state index is 0. The maximum absolute atomic E-state index is 12.3. The van der Waals surface area contributed by atoms with Crippen molar-refractivity contribution in [1.82, 2.24) is 10.2 Å².